The van der Waals surface area contributed by atoms with Crippen LogP contribution >= 0.6 is 0 Å². The second-order valence-corrected chi connectivity index (χ2v) is 7.12. The molecule has 0 aliphatic carbocycles. The molecule has 0 aromatic heterocycles. The fourth-order valence-electron chi connectivity index (χ4n) is 2.65. The highest BCUT2D eigenvalue weighted by Gasteiger charge is 2.25. The Morgan fingerprint density at radius 3 is 2.62 bits per heavy atom. The van der Waals surface area contributed by atoms with Gasteiger partial charge in [0.25, 0.3) is 10.0 Å². The molecule has 0 bridgehead atoms. The fraction of sp³-hybridized carbons (Fsp3) is 0.188. The molecule has 1 N–H and O–H groups in total. The van der Waals surface area contributed by atoms with Gasteiger partial charge in [0.15, 0.2) is 0 Å². The lowest BCUT2D eigenvalue weighted by Gasteiger charge is -2.15. The van der Waals surface area contributed by atoms with E-state index in [1.54, 1.807) is 11.0 Å². The third-order valence-electron chi connectivity index (χ3n) is 3.81. The van der Waals surface area contributed by atoms with E-state index in [4.69, 9.17) is 0 Å². The molecule has 0 radical (unpaired) electrons. The summed E-state index contributed by atoms with van der Waals surface area (Å²) in [5, 5.41) is 0. The van der Waals surface area contributed by atoms with Crippen molar-refractivity contribution in [1.82, 2.24) is 0 Å². The number of halogens is 2. The first kappa shape index (κ1) is 16.4. The first-order chi connectivity index (χ1) is 11.3. The van der Waals surface area contributed by atoms with Gasteiger partial charge in [0.05, 0.1) is 10.6 Å². The van der Waals surface area contributed by atoms with Crippen molar-refractivity contribution in [2.75, 3.05) is 16.2 Å². The summed E-state index contributed by atoms with van der Waals surface area (Å²) in [6, 6.07) is 6.84. The van der Waals surface area contributed by atoms with Gasteiger partial charge in [-0.05, 0) is 42.3 Å². The van der Waals surface area contributed by atoms with Crippen molar-refractivity contribution >= 4 is 27.3 Å². The van der Waals surface area contributed by atoms with E-state index < -0.39 is 27.3 Å². The molecule has 1 aliphatic heterocycles. The second kappa shape index (κ2) is 5.86. The smallest absolute Gasteiger partial charge is 0.261 e. The van der Waals surface area contributed by atoms with Gasteiger partial charge in [-0.15, -0.1) is 0 Å². The Bertz CT molecular complexity index is 929. The minimum atomic E-state index is -4.07. The third-order valence-corrected chi connectivity index (χ3v) is 5.17. The lowest BCUT2D eigenvalue weighted by molar-refractivity contribution is -0.116. The number of carbonyl (C=O) groups is 1. The highest BCUT2D eigenvalue weighted by Crippen LogP contribution is 2.31. The molecule has 3 rings (SSSR count). The van der Waals surface area contributed by atoms with Crippen molar-refractivity contribution in [2.24, 2.45) is 0 Å². The van der Waals surface area contributed by atoms with Gasteiger partial charge in [0.2, 0.25) is 5.91 Å². The molecule has 24 heavy (non-hydrogen) atoms. The van der Waals surface area contributed by atoms with Gasteiger partial charge in [0.1, 0.15) is 11.6 Å². The van der Waals surface area contributed by atoms with Gasteiger partial charge in [0, 0.05) is 25.2 Å². The van der Waals surface area contributed by atoms with Crippen LogP contribution in [0.25, 0.3) is 0 Å². The quantitative estimate of drug-likeness (QED) is 0.924. The van der Waals surface area contributed by atoms with Crippen molar-refractivity contribution < 1.29 is 22.0 Å². The summed E-state index contributed by atoms with van der Waals surface area (Å²) >= 11 is 0. The van der Waals surface area contributed by atoms with Crippen LogP contribution in [-0.2, 0) is 21.2 Å². The van der Waals surface area contributed by atoms with Crippen molar-refractivity contribution in [1.29, 1.82) is 0 Å². The zero-order valence-electron chi connectivity index (χ0n) is 12.7. The number of amides is 1. The van der Waals surface area contributed by atoms with Crippen LogP contribution < -0.4 is 9.62 Å². The van der Waals surface area contributed by atoms with Crippen molar-refractivity contribution in [3.8, 4) is 0 Å². The standard InChI is InChI=1S/C16H14F2N2O3S/c1-10(21)20-7-6-11-8-13(3-5-16(11)20)24(22,23)19-15-9-12(17)2-4-14(15)18/h2-5,8-9,19H,6-7H2,1H3. The topological polar surface area (TPSA) is 66.5 Å². The van der Waals surface area contributed by atoms with E-state index in [-0.39, 0.29) is 10.8 Å². The Labute approximate surface area is 138 Å². The summed E-state index contributed by atoms with van der Waals surface area (Å²) in [5.74, 6) is -1.74. The zero-order valence-corrected chi connectivity index (χ0v) is 13.5. The van der Waals surface area contributed by atoms with Crippen LogP contribution in [0.3, 0.4) is 0 Å². The summed E-state index contributed by atoms with van der Waals surface area (Å²) in [5.41, 5.74) is 0.923. The van der Waals surface area contributed by atoms with Crippen LogP contribution in [0.1, 0.15) is 12.5 Å². The van der Waals surface area contributed by atoms with Crippen LogP contribution in [0.5, 0.6) is 0 Å². The molecule has 1 heterocycles. The molecule has 0 unspecified atom stereocenters. The van der Waals surface area contributed by atoms with Gasteiger partial charge >= 0.3 is 0 Å². The summed E-state index contributed by atoms with van der Waals surface area (Å²) in [7, 11) is -4.07. The van der Waals surface area contributed by atoms with Crippen molar-refractivity contribution in [2.45, 2.75) is 18.2 Å². The molecular formula is C16H14F2N2O3S. The number of nitrogens with zero attached hydrogens (tertiary/aromatic N) is 1. The molecule has 1 aliphatic rings. The van der Waals surface area contributed by atoms with Crippen LogP contribution in [0.15, 0.2) is 41.3 Å². The van der Waals surface area contributed by atoms with E-state index in [9.17, 15) is 22.0 Å². The molecule has 0 fully saturated rings. The van der Waals surface area contributed by atoms with Crippen LogP contribution in [0.2, 0.25) is 0 Å². The Kier molecular flexibility index (Phi) is 4.00. The number of benzene rings is 2. The summed E-state index contributed by atoms with van der Waals surface area (Å²) < 4.78 is 53.7. The maximum atomic E-state index is 13.6. The predicted octanol–water partition coefficient (Wildman–Crippen LogP) is 2.67. The monoisotopic (exact) mass is 352 g/mol. The number of fused-ring (bicyclic) bond motifs is 1. The number of carbonyl (C=O) groups excluding carboxylic acids is 1. The number of sulfonamides is 1. The lowest BCUT2D eigenvalue weighted by Crippen LogP contribution is -2.25. The summed E-state index contributed by atoms with van der Waals surface area (Å²) in [4.78, 5) is 13.0. The normalized spacial score (nSPS) is 13.7. The molecule has 8 heteroatoms. The van der Waals surface area contributed by atoms with Gasteiger partial charge in [-0.3, -0.25) is 9.52 Å². The zero-order chi connectivity index (χ0) is 17.5. The van der Waals surface area contributed by atoms with Crippen LogP contribution in [0, 0.1) is 11.6 Å². The van der Waals surface area contributed by atoms with Gasteiger partial charge in [-0.1, -0.05) is 0 Å². The number of anilines is 2. The Morgan fingerprint density at radius 1 is 1.17 bits per heavy atom. The molecular weight excluding hydrogens is 338 g/mol. The maximum absolute atomic E-state index is 13.6. The van der Waals surface area contributed by atoms with E-state index in [1.165, 1.54) is 19.1 Å². The molecule has 0 spiro atoms. The van der Waals surface area contributed by atoms with Crippen LogP contribution in [-0.4, -0.2) is 20.9 Å². The van der Waals surface area contributed by atoms with Gasteiger partial charge in [-0.25, -0.2) is 17.2 Å². The molecule has 126 valence electrons. The lowest BCUT2D eigenvalue weighted by atomic mass is 10.2. The Morgan fingerprint density at radius 2 is 1.92 bits per heavy atom. The second-order valence-electron chi connectivity index (χ2n) is 5.44. The molecule has 2 aromatic carbocycles. The number of rotatable bonds is 3. The number of hydrogen-bond acceptors (Lipinski definition) is 3. The van der Waals surface area contributed by atoms with Crippen molar-refractivity contribution in [3.63, 3.8) is 0 Å². The summed E-state index contributed by atoms with van der Waals surface area (Å²) in [6.45, 7) is 1.92. The first-order valence-electron chi connectivity index (χ1n) is 7.17. The Hall–Kier alpha value is -2.48. The van der Waals surface area contributed by atoms with Crippen LogP contribution in [0.4, 0.5) is 20.2 Å². The first-order valence-corrected chi connectivity index (χ1v) is 8.65. The van der Waals surface area contributed by atoms with Gasteiger partial charge in [-0.2, -0.15) is 0 Å². The fourth-order valence-corrected chi connectivity index (χ4v) is 3.76. The number of nitrogens with one attached hydrogen (secondary N) is 1. The van der Waals surface area contributed by atoms with E-state index in [0.29, 0.717) is 24.2 Å². The largest absolute Gasteiger partial charge is 0.312 e. The van der Waals surface area contributed by atoms with E-state index in [1.807, 2.05) is 4.72 Å². The van der Waals surface area contributed by atoms with Gasteiger partial charge < -0.3 is 4.90 Å². The third kappa shape index (κ3) is 2.96. The SMILES string of the molecule is CC(=O)N1CCc2cc(S(=O)(=O)Nc3cc(F)ccc3F)ccc21. The highest BCUT2D eigenvalue weighted by molar-refractivity contribution is 7.92. The van der Waals surface area contributed by atoms with E-state index >= 15 is 0 Å². The maximum Gasteiger partial charge on any atom is 0.261 e. The molecule has 5 nitrogen and oxygen atoms in total. The molecule has 0 saturated carbocycles. The molecule has 1 amide bonds. The average Bonchev–Trinajstić information content (AvgIpc) is 2.94. The summed E-state index contributed by atoms with van der Waals surface area (Å²) in [6.07, 6.45) is 0.534. The Balaban J connectivity index is 1.94. The minimum absolute atomic E-state index is 0.0738. The highest BCUT2D eigenvalue weighted by atomic mass is 32.2. The molecule has 2 aromatic rings. The van der Waals surface area contributed by atoms with E-state index in [2.05, 4.69) is 0 Å². The van der Waals surface area contributed by atoms with E-state index in [0.717, 1.165) is 18.2 Å². The predicted molar refractivity (Wildman–Crippen MR) is 85.3 cm³/mol. The number of hydrogen-bond donors (Lipinski definition) is 1. The van der Waals surface area contributed by atoms with Crippen molar-refractivity contribution in [3.05, 3.63) is 53.6 Å². The average molecular weight is 352 g/mol. The minimum Gasteiger partial charge on any atom is -0.312 e. The molecule has 0 saturated heterocycles. The molecule has 0 atom stereocenters.